The highest BCUT2D eigenvalue weighted by Crippen LogP contribution is 2.21. The minimum atomic E-state index is -0.499. The lowest BCUT2D eigenvalue weighted by molar-refractivity contribution is 0.101. The first-order valence-electron chi connectivity index (χ1n) is 7.30. The number of aromatic nitrogens is 2. The third-order valence-corrected chi connectivity index (χ3v) is 3.54. The summed E-state index contributed by atoms with van der Waals surface area (Å²) < 4.78 is 4.88. The number of anilines is 2. The van der Waals surface area contributed by atoms with Crippen LogP contribution in [0.15, 0.2) is 53.1 Å². The second kappa shape index (κ2) is 7.14. The molecule has 25 heavy (non-hydrogen) atoms. The third-order valence-electron chi connectivity index (χ3n) is 3.21. The van der Waals surface area contributed by atoms with Gasteiger partial charge in [-0.15, -0.1) is 0 Å². The predicted molar refractivity (Wildman–Crippen MR) is 92.8 cm³/mol. The fourth-order valence-electron chi connectivity index (χ4n) is 2.04. The molecule has 0 spiro atoms. The average Bonchev–Trinajstić information content (AvgIpc) is 3.02. The lowest BCUT2D eigenvalue weighted by Crippen LogP contribution is -2.18. The van der Waals surface area contributed by atoms with Crippen LogP contribution in [-0.2, 0) is 0 Å². The Labute approximate surface area is 148 Å². The Kier molecular flexibility index (Phi) is 4.76. The summed E-state index contributed by atoms with van der Waals surface area (Å²) >= 11 is 6.01. The van der Waals surface area contributed by atoms with Crippen LogP contribution >= 0.6 is 11.6 Å². The first-order chi connectivity index (χ1) is 12.0. The first-order valence-corrected chi connectivity index (χ1v) is 7.68. The number of nitrogens with zero attached hydrogens (tertiary/aromatic N) is 2. The summed E-state index contributed by atoms with van der Waals surface area (Å²) in [6.45, 7) is 1.71. The highest BCUT2D eigenvalue weighted by Gasteiger charge is 2.14. The summed E-state index contributed by atoms with van der Waals surface area (Å²) in [6.07, 6.45) is 0. The molecule has 126 valence electrons. The summed E-state index contributed by atoms with van der Waals surface area (Å²) in [6, 6.07) is 13.0. The van der Waals surface area contributed by atoms with E-state index in [0.29, 0.717) is 16.5 Å². The van der Waals surface area contributed by atoms with E-state index >= 15 is 0 Å². The van der Waals surface area contributed by atoms with Crippen LogP contribution in [0.4, 0.5) is 11.5 Å². The van der Waals surface area contributed by atoms with E-state index in [1.54, 1.807) is 43.3 Å². The van der Waals surface area contributed by atoms with Crippen molar-refractivity contribution in [2.24, 2.45) is 0 Å². The van der Waals surface area contributed by atoms with E-state index in [1.807, 2.05) is 0 Å². The lowest BCUT2D eigenvalue weighted by atomic mass is 10.2. The summed E-state index contributed by atoms with van der Waals surface area (Å²) in [5, 5.41) is 9.28. The third kappa shape index (κ3) is 4.02. The molecule has 0 saturated heterocycles. The SMILES string of the molecule is Cc1cc(NC(=O)c2cccc(C(=O)Nc3ccccc3Cl)n2)no1. The van der Waals surface area contributed by atoms with Gasteiger partial charge in [0, 0.05) is 6.07 Å². The molecule has 7 nitrogen and oxygen atoms in total. The smallest absolute Gasteiger partial charge is 0.275 e. The minimum Gasteiger partial charge on any atom is -0.360 e. The molecule has 8 heteroatoms. The number of benzene rings is 1. The van der Waals surface area contributed by atoms with E-state index < -0.39 is 11.8 Å². The zero-order chi connectivity index (χ0) is 17.8. The molecule has 0 aliphatic rings. The molecule has 0 atom stereocenters. The number of halogens is 1. The van der Waals surface area contributed by atoms with Crippen LogP contribution in [0.3, 0.4) is 0 Å². The summed E-state index contributed by atoms with van der Waals surface area (Å²) in [7, 11) is 0. The molecule has 0 saturated carbocycles. The van der Waals surface area contributed by atoms with E-state index in [4.69, 9.17) is 16.1 Å². The van der Waals surface area contributed by atoms with Crippen LogP contribution in [0.25, 0.3) is 0 Å². The summed E-state index contributed by atoms with van der Waals surface area (Å²) in [5.74, 6) is -0.132. The fraction of sp³-hybridized carbons (Fsp3) is 0.0588. The minimum absolute atomic E-state index is 0.0764. The Morgan fingerprint density at radius 3 is 2.32 bits per heavy atom. The maximum absolute atomic E-state index is 12.3. The van der Waals surface area contributed by atoms with Gasteiger partial charge in [0.1, 0.15) is 17.1 Å². The maximum atomic E-state index is 12.3. The Hall–Kier alpha value is -3.19. The molecule has 0 aliphatic carbocycles. The molecule has 0 bridgehead atoms. The molecule has 2 aromatic heterocycles. The first kappa shape index (κ1) is 16.7. The zero-order valence-corrected chi connectivity index (χ0v) is 13.9. The van der Waals surface area contributed by atoms with Gasteiger partial charge in [-0.25, -0.2) is 4.98 Å². The average molecular weight is 357 g/mol. The summed E-state index contributed by atoms with van der Waals surface area (Å²) in [5.41, 5.74) is 0.625. The van der Waals surface area contributed by atoms with E-state index in [0.717, 1.165) is 0 Å². The molecular weight excluding hydrogens is 344 g/mol. The van der Waals surface area contributed by atoms with Crippen LogP contribution < -0.4 is 10.6 Å². The second-order valence-corrected chi connectivity index (χ2v) is 5.53. The van der Waals surface area contributed by atoms with Crippen molar-refractivity contribution in [3.05, 3.63) is 70.7 Å². The molecular formula is C17H13ClN4O3. The topological polar surface area (TPSA) is 97.1 Å². The number of carbonyl (C=O) groups excluding carboxylic acids is 2. The Morgan fingerprint density at radius 1 is 1.00 bits per heavy atom. The van der Waals surface area contributed by atoms with Crippen LogP contribution in [0.5, 0.6) is 0 Å². The second-order valence-electron chi connectivity index (χ2n) is 5.12. The van der Waals surface area contributed by atoms with Gasteiger partial charge in [-0.2, -0.15) is 0 Å². The number of rotatable bonds is 4. The molecule has 0 radical (unpaired) electrons. The van der Waals surface area contributed by atoms with Gasteiger partial charge in [0.2, 0.25) is 0 Å². The van der Waals surface area contributed by atoms with Gasteiger partial charge < -0.3 is 15.2 Å². The molecule has 2 heterocycles. The number of carbonyl (C=O) groups is 2. The Bertz CT molecular complexity index is 939. The molecule has 0 unspecified atom stereocenters. The zero-order valence-electron chi connectivity index (χ0n) is 13.1. The standard InChI is InChI=1S/C17H13ClN4O3/c1-10-9-15(22-25-10)21-17(24)14-8-4-7-13(19-14)16(23)20-12-6-3-2-5-11(12)18/h2-9H,1H3,(H,20,23)(H,21,22,24). The molecule has 0 aliphatic heterocycles. The van der Waals surface area contributed by atoms with Gasteiger partial charge >= 0.3 is 0 Å². The van der Waals surface area contributed by atoms with Crippen molar-refractivity contribution in [3.63, 3.8) is 0 Å². The van der Waals surface area contributed by atoms with Crippen molar-refractivity contribution in [1.29, 1.82) is 0 Å². The van der Waals surface area contributed by atoms with Crippen LogP contribution in [0.2, 0.25) is 5.02 Å². The quantitative estimate of drug-likeness (QED) is 0.745. The Morgan fingerprint density at radius 2 is 1.68 bits per heavy atom. The van der Waals surface area contributed by atoms with E-state index in [9.17, 15) is 9.59 Å². The number of amides is 2. The van der Waals surface area contributed by atoms with Crippen LogP contribution in [-0.4, -0.2) is 22.0 Å². The van der Waals surface area contributed by atoms with Gasteiger partial charge in [0.25, 0.3) is 11.8 Å². The van der Waals surface area contributed by atoms with Crippen molar-refractivity contribution in [2.45, 2.75) is 6.92 Å². The van der Waals surface area contributed by atoms with E-state index in [1.165, 1.54) is 12.1 Å². The molecule has 0 fully saturated rings. The predicted octanol–water partition coefficient (Wildman–Crippen LogP) is 3.54. The van der Waals surface area contributed by atoms with E-state index in [2.05, 4.69) is 20.8 Å². The Balaban J connectivity index is 1.75. The molecule has 1 aromatic carbocycles. The molecule has 2 N–H and O–H groups in total. The highest BCUT2D eigenvalue weighted by atomic mass is 35.5. The molecule has 2 amide bonds. The largest absolute Gasteiger partial charge is 0.360 e. The van der Waals surface area contributed by atoms with Gasteiger partial charge in [-0.1, -0.05) is 35.0 Å². The molecule has 3 aromatic rings. The van der Waals surface area contributed by atoms with Crippen LogP contribution in [0.1, 0.15) is 26.7 Å². The van der Waals surface area contributed by atoms with Crippen molar-refractivity contribution in [1.82, 2.24) is 10.1 Å². The number of pyridine rings is 1. The number of para-hydroxylation sites is 1. The highest BCUT2D eigenvalue weighted by molar-refractivity contribution is 6.33. The summed E-state index contributed by atoms with van der Waals surface area (Å²) in [4.78, 5) is 28.6. The number of hydrogen-bond acceptors (Lipinski definition) is 5. The maximum Gasteiger partial charge on any atom is 0.275 e. The number of nitrogens with one attached hydrogen (secondary N) is 2. The number of aryl methyl sites for hydroxylation is 1. The van der Waals surface area contributed by atoms with Crippen molar-refractivity contribution < 1.29 is 14.1 Å². The van der Waals surface area contributed by atoms with Crippen molar-refractivity contribution in [2.75, 3.05) is 10.6 Å². The van der Waals surface area contributed by atoms with Gasteiger partial charge in [0.05, 0.1) is 10.7 Å². The monoisotopic (exact) mass is 356 g/mol. The van der Waals surface area contributed by atoms with E-state index in [-0.39, 0.29) is 17.2 Å². The fourth-order valence-corrected chi connectivity index (χ4v) is 2.23. The molecule has 3 rings (SSSR count). The lowest BCUT2D eigenvalue weighted by Gasteiger charge is -2.07. The van der Waals surface area contributed by atoms with Crippen molar-refractivity contribution >= 4 is 34.9 Å². The van der Waals surface area contributed by atoms with Gasteiger partial charge in [0.15, 0.2) is 5.82 Å². The van der Waals surface area contributed by atoms with Gasteiger partial charge in [-0.3, -0.25) is 9.59 Å². The normalized spacial score (nSPS) is 10.3. The van der Waals surface area contributed by atoms with Crippen LogP contribution in [0, 0.1) is 6.92 Å². The van der Waals surface area contributed by atoms with Gasteiger partial charge in [-0.05, 0) is 31.2 Å². The van der Waals surface area contributed by atoms with Crippen molar-refractivity contribution in [3.8, 4) is 0 Å². The number of hydrogen-bond donors (Lipinski definition) is 2.